The summed E-state index contributed by atoms with van der Waals surface area (Å²) < 4.78 is 23.9. The van der Waals surface area contributed by atoms with Crippen molar-refractivity contribution in [3.63, 3.8) is 0 Å². The Hall–Kier alpha value is -1.33. The van der Waals surface area contributed by atoms with E-state index in [1.807, 2.05) is 0 Å². The monoisotopic (exact) mass is 285 g/mol. The molecule has 0 radical (unpaired) electrons. The topological polar surface area (TPSA) is 54.5 Å². The predicted octanol–water partition coefficient (Wildman–Crippen LogP) is 1.92. The summed E-state index contributed by atoms with van der Waals surface area (Å²) >= 11 is 5.81. The van der Waals surface area contributed by atoms with Crippen LogP contribution in [0.25, 0.3) is 6.08 Å². The van der Waals surface area contributed by atoms with E-state index in [-0.39, 0.29) is 12.3 Å². The van der Waals surface area contributed by atoms with Crippen molar-refractivity contribution in [3.8, 4) is 0 Å². The van der Waals surface area contributed by atoms with Crippen LogP contribution in [0.4, 0.5) is 0 Å². The Kier molecular flexibility index (Phi) is 3.73. The van der Waals surface area contributed by atoms with Crippen LogP contribution in [0.15, 0.2) is 30.3 Å². The van der Waals surface area contributed by atoms with Crippen molar-refractivity contribution in [3.05, 3.63) is 40.9 Å². The smallest absolute Gasteiger partial charge is 0.260 e. The number of sulfonamides is 1. The second-order valence-electron chi connectivity index (χ2n) is 3.97. The number of halogens is 1. The van der Waals surface area contributed by atoms with Crippen LogP contribution in [0.5, 0.6) is 0 Å². The molecule has 0 unspecified atom stereocenters. The van der Waals surface area contributed by atoms with E-state index in [9.17, 15) is 13.2 Å². The Labute approximate surface area is 111 Å². The van der Waals surface area contributed by atoms with Gasteiger partial charge in [-0.2, -0.15) is 0 Å². The molecule has 96 valence electrons. The third kappa shape index (κ3) is 2.91. The van der Waals surface area contributed by atoms with Crippen molar-refractivity contribution in [1.29, 1.82) is 0 Å². The number of carbonyl (C=O) groups excluding carboxylic acids is 1. The zero-order chi connectivity index (χ0) is 13.2. The maximum absolute atomic E-state index is 11.7. The quantitative estimate of drug-likeness (QED) is 0.780. The number of amides is 1. The van der Waals surface area contributed by atoms with Gasteiger partial charge in [-0.15, -0.1) is 0 Å². The molecule has 1 amide bonds. The lowest BCUT2D eigenvalue weighted by Crippen LogP contribution is -2.30. The molecule has 1 aliphatic heterocycles. The fraction of sp³-hybridized carbons (Fsp3) is 0.250. The third-order valence-electron chi connectivity index (χ3n) is 2.61. The number of carbonyl (C=O) groups is 1. The first kappa shape index (κ1) is 13.1. The summed E-state index contributed by atoms with van der Waals surface area (Å²) in [6.45, 7) is 0.265. The van der Waals surface area contributed by atoms with Gasteiger partial charge in [0.1, 0.15) is 0 Å². The van der Waals surface area contributed by atoms with Crippen LogP contribution in [-0.4, -0.2) is 30.9 Å². The SMILES string of the molecule is O=C(C=Cc1cccc(Cl)c1)N1CCCS1(=O)=O. The van der Waals surface area contributed by atoms with Gasteiger partial charge in [0.15, 0.2) is 0 Å². The molecule has 0 saturated carbocycles. The minimum Gasteiger partial charge on any atom is -0.269 e. The van der Waals surface area contributed by atoms with Gasteiger partial charge in [0, 0.05) is 17.6 Å². The molecule has 1 aromatic carbocycles. The first-order valence-corrected chi connectivity index (χ1v) is 7.46. The van der Waals surface area contributed by atoms with Crippen molar-refractivity contribution in [2.75, 3.05) is 12.3 Å². The van der Waals surface area contributed by atoms with E-state index in [4.69, 9.17) is 11.6 Å². The number of rotatable bonds is 2. The van der Waals surface area contributed by atoms with Gasteiger partial charge in [0.25, 0.3) is 5.91 Å². The van der Waals surface area contributed by atoms with E-state index in [2.05, 4.69) is 0 Å². The Morgan fingerprint density at radius 2 is 2.17 bits per heavy atom. The van der Waals surface area contributed by atoms with Gasteiger partial charge in [-0.25, -0.2) is 12.7 Å². The molecule has 0 aliphatic carbocycles. The van der Waals surface area contributed by atoms with Gasteiger partial charge in [0.2, 0.25) is 10.0 Å². The molecule has 1 aliphatic rings. The van der Waals surface area contributed by atoms with Crippen LogP contribution in [0.1, 0.15) is 12.0 Å². The summed E-state index contributed by atoms with van der Waals surface area (Å²) in [5.74, 6) is -0.462. The van der Waals surface area contributed by atoms with Crippen LogP contribution >= 0.6 is 11.6 Å². The zero-order valence-corrected chi connectivity index (χ0v) is 11.1. The average Bonchev–Trinajstić information content (AvgIpc) is 2.66. The highest BCUT2D eigenvalue weighted by Crippen LogP contribution is 2.15. The molecule has 4 nitrogen and oxygen atoms in total. The van der Waals surface area contributed by atoms with E-state index >= 15 is 0 Å². The highest BCUT2D eigenvalue weighted by Gasteiger charge is 2.30. The van der Waals surface area contributed by atoms with E-state index in [1.165, 1.54) is 6.08 Å². The molecule has 1 saturated heterocycles. The summed E-state index contributed by atoms with van der Waals surface area (Å²) in [5.41, 5.74) is 0.757. The van der Waals surface area contributed by atoms with Gasteiger partial charge < -0.3 is 0 Å². The molecule has 1 aromatic rings. The first-order valence-electron chi connectivity index (χ1n) is 5.47. The van der Waals surface area contributed by atoms with Crippen LogP contribution in [-0.2, 0) is 14.8 Å². The number of nitrogens with zero attached hydrogens (tertiary/aromatic N) is 1. The Balaban J connectivity index is 2.12. The van der Waals surface area contributed by atoms with Crippen LogP contribution in [0.3, 0.4) is 0 Å². The minimum absolute atomic E-state index is 0.0454. The van der Waals surface area contributed by atoms with Crippen molar-refractivity contribution in [2.45, 2.75) is 6.42 Å². The zero-order valence-electron chi connectivity index (χ0n) is 9.54. The maximum Gasteiger partial charge on any atom is 0.260 e. The molecular weight excluding hydrogens is 274 g/mol. The van der Waals surface area contributed by atoms with Crippen LogP contribution in [0, 0.1) is 0 Å². The van der Waals surface area contributed by atoms with Gasteiger partial charge in [-0.3, -0.25) is 4.79 Å². The van der Waals surface area contributed by atoms with E-state index in [0.29, 0.717) is 11.4 Å². The normalized spacial score (nSPS) is 18.4. The molecule has 6 heteroatoms. The summed E-state index contributed by atoms with van der Waals surface area (Å²) in [6.07, 6.45) is 3.32. The van der Waals surface area contributed by atoms with Gasteiger partial charge >= 0.3 is 0 Å². The molecule has 0 spiro atoms. The molecule has 0 bridgehead atoms. The predicted molar refractivity (Wildman–Crippen MR) is 70.6 cm³/mol. The molecule has 1 fully saturated rings. The summed E-state index contributed by atoms with van der Waals surface area (Å²) in [6, 6.07) is 6.97. The van der Waals surface area contributed by atoms with E-state index < -0.39 is 15.9 Å². The standard InChI is InChI=1S/C12H12ClNO3S/c13-11-4-1-3-10(9-11)5-6-12(15)14-7-2-8-18(14,16)17/h1,3-6,9H,2,7-8H2. The average molecular weight is 286 g/mol. The van der Waals surface area contributed by atoms with Crippen LogP contribution < -0.4 is 0 Å². The molecule has 0 atom stereocenters. The van der Waals surface area contributed by atoms with Gasteiger partial charge in [-0.05, 0) is 30.2 Å². The Bertz CT molecular complexity index is 595. The summed E-state index contributed by atoms with van der Waals surface area (Å²) in [5, 5.41) is 0.568. The highest BCUT2D eigenvalue weighted by molar-refractivity contribution is 7.89. The van der Waals surface area contributed by atoms with E-state index in [0.717, 1.165) is 9.87 Å². The Morgan fingerprint density at radius 1 is 1.39 bits per heavy atom. The highest BCUT2D eigenvalue weighted by atomic mass is 35.5. The minimum atomic E-state index is -3.39. The fourth-order valence-electron chi connectivity index (χ4n) is 1.75. The third-order valence-corrected chi connectivity index (χ3v) is 4.69. The van der Waals surface area contributed by atoms with Crippen LogP contribution in [0.2, 0.25) is 5.02 Å². The largest absolute Gasteiger partial charge is 0.269 e. The van der Waals surface area contributed by atoms with Crippen molar-refractivity contribution < 1.29 is 13.2 Å². The second-order valence-corrected chi connectivity index (χ2v) is 6.42. The molecular formula is C12H12ClNO3S. The second kappa shape index (κ2) is 5.12. The van der Waals surface area contributed by atoms with Crippen molar-refractivity contribution in [2.24, 2.45) is 0 Å². The first-order chi connectivity index (χ1) is 8.49. The van der Waals surface area contributed by atoms with Gasteiger partial charge in [-0.1, -0.05) is 23.7 Å². The molecule has 0 aromatic heterocycles. The molecule has 0 N–H and O–H groups in total. The lowest BCUT2D eigenvalue weighted by Gasteiger charge is -2.11. The van der Waals surface area contributed by atoms with Gasteiger partial charge in [0.05, 0.1) is 5.75 Å². The summed E-state index contributed by atoms with van der Waals surface area (Å²) in [7, 11) is -3.39. The maximum atomic E-state index is 11.7. The number of hydrogen-bond donors (Lipinski definition) is 0. The Morgan fingerprint density at radius 3 is 2.78 bits per heavy atom. The molecule has 2 rings (SSSR count). The fourth-order valence-corrected chi connectivity index (χ4v) is 3.40. The number of benzene rings is 1. The molecule has 1 heterocycles. The van der Waals surface area contributed by atoms with Crippen molar-refractivity contribution in [1.82, 2.24) is 4.31 Å². The van der Waals surface area contributed by atoms with E-state index in [1.54, 1.807) is 30.3 Å². The lowest BCUT2D eigenvalue weighted by atomic mass is 10.2. The molecule has 18 heavy (non-hydrogen) atoms. The lowest BCUT2D eigenvalue weighted by molar-refractivity contribution is -0.121. The number of hydrogen-bond acceptors (Lipinski definition) is 3. The summed E-state index contributed by atoms with van der Waals surface area (Å²) in [4.78, 5) is 11.7. The van der Waals surface area contributed by atoms with Crippen molar-refractivity contribution >= 4 is 33.6 Å².